The van der Waals surface area contributed by atoms with Crippen LogP contribution in [0.3, 0.4) is 0 Å². The molecule has 1 aromatic heterocycles. The Morgan fingerprint density at radius 2 is 1.90 bits per heavy atom. The lowest BCUT2D eigenvalue weighted by Crippen LogP contribution is -2.22. The van der Waals surface area contributed by atoms with Gasteiger partial charge in [-0.05, 0) is 62.2 Å². The van der Waals surface area contributed by atoms with Gasteiger partial charge in [-0.2, -0.15) is 8.42 Å². The van der Waals surface area contributed by atoms with E-state index < -0.39 is 10.1 Å². The maximum absolute atomic E-state index is 12.7. The maximum atomic E-state index is 12.7. The van der Waals surface area contributed by atoms with Gasteiger partial charge in [-0.25, -0.2) is 4.98 Å². The summed E-state index contributed by atoms with van der Waals surface area (Å²) in [4.78, 5) is 19.3. The van der Waals surface area contributed by atoms with Crippen molar-refractivity contribution in [2.24, 2.45) is 5.92 Å². The van der Waals surface area contributed by atoms with Crippen LogP contribution in [0.5, 0.6) is 5.75 Å². The van der Waals surface area contributed by atoms with Crippen molar-refractivity contribution in [1.29, 1.82) is 0 Å². The van der Waals surface area contributed by atoms with Gasteiger partial charge in [0.25, 0.3) is 0 Å². The lowest BCUT2D eigenvalue weighted by Gasteiger charge is -2.13. The highest BCUT2D eigenvalue weighted by atomic mass is 32.2. The Morgan fingerprint density at radius 3 is 2.61 bits per heavy atom. The van der Waals surface area contributed by atoms with Crippen molar-refractivity contribution in [3.05, 3.63) is 42.5 Å². The first-order chi connectivity index (χ1) is 15.0. The average Bonchev–Trinajstić information content (AvgIpc) is 3.34. The third-order valence-electron chi connectivity index (χ3n) is 5.42. The molecule has 1 unspecified atom stereocenters. The number of imidazole rings is 1. The average molecular weight is 442 g/mol. The first-order valence-corrected chi connectivity index (χ1v) is 11.7. The summed E-state index contributed by atoms with van der Waals surface area (Å²) in [7, 11) is -3.99. The van der Waals surface area contributed by atoms with Crippen molar-refractivity contribution in [1.82, 2.24) is 15.3 Å². The molecule has 10 heteroatoms. The molecule has 2 heterocycles. The summed E-state index contributed by atoms with van der Waals surface area (Å²) in [6, 6.07) is 11.6. The van der Waals surface area contributed by atoms with Gasteiger partial charge in [0.2, 0.25) is 11.9 Å². The van der Waals surface area contributed by atoms with Gasteiger partial charge in [-0.3, -0.25) is 10.1 Å². The van der Waals surface area contributed by atoms with E-state index in [1.54, 1.807) is 24.3 Å². The Morgan fingerprint density at radius 1 is 1.10 bits per heavy atom. The van der Waals surface area contributed by atoms with Crippen molar-refractivity contribution in [2.75, 3.05) is 23.7 Å². The number of hydrogen-bond acceptors (Lipinski definition) is 7. The quantitative estimate of drug-likeness (QED) is 0.415. The lowest BCUT2D eigenvalue weighted by molar-refractivity contribution is -0.117. The van der Waals surface area contributed by atoms with Crippen LogP contribution in [-0.4, -0.2) is 43.4 Å². The van der Waals surface area contributed by atoms with Gasteiger partial charge in [-0.15, -0.1) is 0 Å². The second-order valence-electron chi connectivity index (χ2n) is 7.92. The molecule has 162 valence electrons. The molecule has 31 heavy (non-hydrogen) atoms. The fourth-order valence-electron chi connectivity index (χ4n) is 3.57. The fourth-order valence-corrected chi connectivity index (χ4v) is 4.49. The zero-order valence-electron chi connectivity index (χ0n) is 16.7. The van der Waals surface area contributed by atoms with Gasteiger partial charge >= 0.3 is 10.1 Å². The van der Waals surface area contributed by atoms with Crippen LogP contribution in [0.15, 0.2) is 47.4 Å². The third-order valence-corrected chi connectivity index (χ3v) is 6.69. The van der Waals surface area contributed by atoms with Gasteiger partial charge in [0.15, 0.2) is 0 Å². The summed E-state index contributed by atoms with van der Waals surface area (Å²) in [5.41, 5.74) is 2.04. The number of benzene rings is 2. The standard InChI is InChI=1S/C21H23N5O4S/c27-20(13-1-2-13)26-21-24-18-8-5-16(11-19(18)25-21)30-31(28,29)17-6-3-14(4-7-17)23-15-9-10-22-12-15/h3-8,11,13,15,22-23H,1-2,9-10,12H2,(H2,24,25,26,27). The number of carbonyl (C=O) groups excluding carboxylic acids is 1. The highest BCUT2D eigenvalue weighted by Gasteiger charge is 2.30. The molecule has 1 saturated carbocycles. The third kappa shape index (κ3) is 4.49. The summed E-state index contributed by atoms with van der Waals surface area (Å²) < 4.78 is 30.7. The number of aromatic amines is 1. The molecule has 1 atom stereocenters. The molecule has 1 saturated heterocycles. The zero-order chi connectivity index (χ0) is 21.4. The van der Waals surface area contributed by atoms with E-state index in [9.17, 15) is 13.2 Å². The number of aromatic nitrogens is 2. The number of fused-ring (bicyclic) bond motifs is 1. The Labute approximate surface area is 179 Å². The van der Waals surface area contributed by atoms with Crippen LogP contribution in [0.1, 0.15) is 19.3 Å². The molecular formula is C21H23N5O4S. The van der Waals surface area contributed by atoms with Crippen molar-refractivity contribution in [2.45, 2.75) is 30.2 Å². The second-order valence-corrected chi connectivity index (χ2v) is 9.47. The molecule has 2 aliphatic rings. The summed E-state index contributed by atoms with van der Waals surface area (Å²) in [5, 5.41) is 9.40. The minimum atomic E-state index is -3.99. The molecule has 3 aromatic rings. The van der Waals surface area contributed by atoms with Crippen LogP contribution in [-0.2, 0) is 14.9 Å². The van der Waals surface area contributed by atoms with Gasteiger partial charge in [-0.1, -0.05) is 0 Å². The molecule has 1 amide bonds. The zero-order valence-corrected chi connectivity index (χ0v) is 17.5. The van der Waals surface area contributed by atoms with Crippen molar-refractivity contribution >= 4 is 38.7 Å². The molecule has 0 bridgehead atoms. The van der Waals surface area contributed by atoms with E-state index in [1.807, 2.05) is 0 Å². The van der Waals surface area contributed by atoms with E-state index in [0.717, 1.165) is 38.0 Å². The number of anilines is 2. The monoisotopic (exact) mass is 441 g/mol. The van der Waals surface area contributed by atoms with E-state index in [-0.39, 0.29) is 22.5 Å². The Bertz CT molecular complexity index is 1210. The summed E-state index contributed by atoms with van der Waals surface area (Å²) >= 11 is 0. The molecule has 0 radical (unpaired) electrons. The minimum absolute atomic E-state index is 0.0553. The molecule has 9 nitrogen and oxygen atoms in total. The topological polar surface area (TPSA) is 125 Å². The molecule has 2 aromatic carbocycles. The summed E-state index contributed by atoms with van der Waals surface area (Å²) in [6.07, 6.45) is 2.83. The predicted molar refractivity (Wildman–Crippen MR) is 117 cm³/mol. The maximum Gasteiger partial charge on any atom is 0.339 e. The number of carbonyl (C=O) groups is 1. The second kappa shape index (κ2) is 7.86. The predicted octanol–water partition coefficient (Wildman–Crippen LogP) is 2.45. The summed E-state index contributed by atoms with van der Waals surface area (Å²) in [5.74, 6) is 0.500. The van der Waals surface area contributed by atoms with Gasteiger partial charge in [0.1, 0.15) is 10.6 Å². The number of hydrogen-bond donors (Lipinski definition) is 4. The highest BCUT2D eigenvalue weighted by Crippen LogP contribution is 2.30. The van der Waals surface area contributed by atoms with Crippen LogP contribution in [0.2, 0.25) is 0 Å². The molecular weight excluding hydrogens is 418 g/mol. The molecule has 4 N–H and O–H groups in total. The Hall–Kier alpha value is -3.11. The first kappa shape index (κ1) is 19.8. The number of nitrogens with one attached hydrogen (secondary N) is 4. The normalized spacial score (nSPS) is 18.8. The van der Waals surface area contributed by atoms with Crippen molar-refractivity contribution in [3.8, 4) is 5.75 Å². The molecule has 0 spiro atoms. The largest absolute Gasteiger partial charge is 0.381 e. The van der Waals surface area contributed by atoms with E-state index in [4.69, 9.17) is 4.18 Å². The van der Waals surface area contributed by atoms with Crippen LogP contribution < -0.4 is 20.1 Å². The van der Waals surface area contributed by atoms with Gasteiger partial charge in [0.05, 0.1) is 11.0 Å². The molecule has 1 aliphatic heterocycles. The van der Waals surface area contributed by atoms with Crippen LogP contribution in [0, 0.1) is 5.92 Å². The Balaban J connectivity index is 1.28. The Kier molecular flexibility index (Phi) is 5.03. The summed E-state index contributed by atoms with van der Waals surface area (Å²) in [6.45, 7) is 1.87. The number of amides is 1. The van der Waals surface area contributed by atoms with E-state index in [2.05, 4.69) is 25.9 Å². The van der Waals surface area contributed by atoms with E-state index in [1.165, 1.54) is 18.2 Å². The van der Waals surface area contributed by atoms with Crippen molar-refractivity contribution < 1.29 is 17.4 Å². The number of rotatable bonds is 7. The van der Waals surface area contributed by atoms with E-state index >= 15 is 0 Å². The smallest absolute Gasteiger partial charge is 0.339 e. The molecule has 5 rings (SSSR count). The lowest BCUT2D eigenvalue weighted by atomic mass is 10.2. The molecule has 2 fully saturated rings. The van der Waals surface area contributed by atoms with Gasteiger partial charge < -0.3 is 19.8 Å². The van der Waals surface area contributed by atoms with Gasteiger partial charge in [0, 0.05) is 30.3 Å². The van der Waals surface area contributed by atoms with Crippen LogP contribution in [0.4, 0.5) is 11.6 Å². The first-order valence-electron chi connectivity index (χ1n) is 10.3. The fraction of sp³-hybridized carbons (Fsp3) is 0.333. The van der Waals surface area contributed by atoms with E-state index in [0.29, 0.717) is 23.0 Å². The van der Waals surface area contributed by atoms with Crippen LogP contribution >= 0.6 is 0 Å². The highest BCUT2D eigenvalue weighted by molar-refractivity contribution is 7.87. The number of H-pyrrole nitrogens is 1. The SMILES string of the molecule is O=C(Nc1nc2cc(OS(=O)(=O)c3ccc(NC4CCNC4)cc3)ccc2[nH]1)C1CC1. The molecule has 1 aliphatic carbocycles. The number of nitrogens with zero attached hydrogens (tertiary/aromatic N) is 1. The van der Waals surface area contributed by atoms with Crippen LogP contribution in [0.25, 0.3) is 11.0 Å². The minimum Gasteiger partial charge on any atom is -0.381 e. The van der Waals surface area contributed by atoms with Crippen molar-refractivity contribution in [3.63, 3.8) is 0 Å².